The van der Waals surface area contributed by atoms with Gasteiger partial charge in [-0.2, -0.15) is 5.11 Å². The topological polar surface area (TPSA) is 132 Å². The molecule has 4 N–H and O–H groups in total. The molecule has 0 aliphatic carbocycles. The highest BCUT2D eigenvalue weighted by atomic mass is 19.1. The molecule has 9 nitrogen and oxygen atoms in total. The maximum Gasteiger partial charge on any atom is 0.275 e. The quantitative estimate of drug-likeness (QED) is 0.201. The minimum Gasteiger partial charge on any atom is -0.394 e. The largest absolute Gasteiger partial charge is 0.394 e. The first-order chi connectivity index (χ1) is 17.0. The first kappa shape index (κ1) is 24.1. The monoisotopic (exact) mass is 476 g/mol. The molecule has 0 atom stereocenters. The van der Waals surface area contributed by atoms with Crippen LogP contribution in [0.15, 0.2) is 52.6 Å². The molecule has 0 saturated carbocycles. The molecule has 2 heterocycles. The lowest BCUT2D eigenvalue weighted by Crippen LogP contribution is -2.25. The summed E-state index contributed by atoms with van der Waals surface area (Å²) in [6.07, 6.45) is 3.43. The van der Waals surface area contributed by atoms with Crippen molar-refractivity contribution < 1.29 is 19.1 Å². The van der Waals surface area contributed by atoms with Gasteiger partial charge in [0.25, 0.3) is 5.91 Å². The van der Waals surface area contributed by atoms with Crippen LogP contribution in [0.2, 0.25) is 0 Å². The highest BCUT2D eigenvalue weighted by molar-refractivity contribution is 5.95. The predicted octanol–water partition coefficient (Wildman–Crippen LogP) is 4.77. The van der Waals surface area contributed by atoms with Gasteiger partial charge in [-0.25, -0.2) is 20.4 Å². The van der Waals surface area contributed by atoms with Gasteiger partial charge in [0.2, 0.25) is 0 Å². The van der Waals surface area contributed by atoms with Crippen molar-refractivity contribution in [2.45, 2.75) is 26.3 Å². The number of nitrogens with one attached hydrogen (secondary N) is 3. The molecular weight excluding hydrogens is 451 g/mol. The number of carbonyl (C=O) groups excluding carboxylic acids is 1. The maximum absolute atomic E-state index is 14.6. The van der Waals surface area contributed by atoms with E-state index in [9.17, 15) is 9.18 Å². The Morgan fingerprint density at radius 2 is 2.11 bits per heavy atom. The number of hydrogen-bond acceptors (Lipinski definition) is 8. The van der Waals surface area contributed by atoms with Crippen LogP contribution in [0.25, 0.3) is 11.3 Å². The van der Waals surface area contributed by atoms with Gasteiger partial charge in [0.1, 0.15) is 11.5 Å². The molecule has 1 aliphatic rings. The van der Waals surface area contributed by atoms with Gasteiger partial charge in [0.05, 0.1) is 24.6 Å². The van der Waals surface area contributed by atoms with E-state index in [1.165, 1.54) is 6.07 Å². The van der Waals surface area contributed by atoms with E-state index in [-0.39, 0.29) is 25.6 Å². The second-order valence-electron chi connectivity index (χ2n) is 7.99. The highest BCUT2D eigenvalue weighted by Crippen LogP contribution is 2.31. The van der Waals surface area contributed by atoms with Crippen molar-refractivity contribution in [1.29, 1.82) is 5.53 Å². The van der Waals surface area contributed by atoms with Gasteiger partial charge < -0.3 is 10.4 Å². The average Bonchev–Trinajstić information content (AvgIpc) is 2.87. The number of aromatic nitrogens is 1. The maximum atomic E-state index is 14.6. The van der Waals surface area contributed by atoms with Crippen LogP contribution in [-0.4, -0.2) is 35.4 Å². The number of aliphatic imine (C=N–C) groups is 1. The standard InChI is InChI=1S/C25H25FN6O3/c1-15-11-17(4-5-19(15)25(34)32-35-10-9-33)21-6-7-22(31-27)24(30-21)29-14-18-12-16-3-2-8-28-23(16)13-20(18)26/h4-8,11-13,27,33H,2-3,9-10,14H2,1H3,(H,29,30)(H,32,34). The molecule has 1 aliphatic heterocycles. The Balaban J connectivity index is 1.54. The molecule has 0 fully saturated rings. The Bertz CT molecular complexity index is 1290. The lowest BCUT2D eigenvalue weighted by Gasteiger charge is -2.15. The molecule has 35 heavy (non-hydrogen) atoms. The Labute approximate surface area is 201 Å². The molecule has 180 valence electrons. The van der Waals surface area contributed by atoms with Gasteiger partial charge in [0, 0.05) is 35.5 Å². The molecule has 10 heteroatoms. The third kappa shape index (κ3) is 5.56. The number of hydrogen-bond donors (Lipinski definition) is 4. The number of nitrogens with zero attached hydrogens (tertiary/aromatic N) is 3. The van der Waals surface area contributed by atoms with Crippen molar-refractivity contribution in [2.75, 3.05) is 18.5 Å². The normalized spacial score (nSPS) is 12.2. The van der Waals surface area contributed by atoms with Crippen LogP contribution in [0.1, 0.15) is 33.5 Å². The van der Waals surface area contributed by atoms with Crippen LogP contribution in [0, 0.1) is 18.3 Å². The Morgan fingerprint density at radius 3 is 2.89 bits per heavy atom. The molecule has 0 bridgehead atoms. The summed E-state index contributed by atoms with van der Waals surface area (Å²) < 4.78 is 14.6. The molecule has 0 saturated heterocycles. The van der Waals surface area contributed by atoms with Gasteiger partial charge in [-0.3, -0.25) is 14.6 Å². The van der Waals surface area contributed by atoms with E-state index in [2.05, 4.69) is 25.9 Å². The van der Waals surface area contributed by atoms with Crippen molar-refractivity contribution in [3.05, 3.63) is 70.5 Å². The zero-order chi connectivity index (χ0) is 24.8. The van der Waals surface area contributed by atoms with Crippen molar-refractivity contribution in [3.8, 4) is 11.3 Å². The van der Waals surface area contributed by atoms with Crippen LogP contribution in [0.3, 0.4) is 0 Å². The lowest BCUT2D eigenvalue weighted by molar-refractivity contribution is 0.0168. The average molecular weight is 477 g/mol. The molecule has 0 unspecified atom stereocenters. The number of halogens is 1. The number of aryl methyl sites for hydroxylation is 2. The number of carbonyl (C=O) groups is 1. The number of amides is 1. The minimum atomic E-state index is -0.418. The van der Waals surface area contributed by atoms with Crippen LogP contribution in [-0.2, 0) is 17.8 Å². The van der Waals surface area contributed by atoms with Crippen molar-refractivity contribution >= 4 is 29.3 Å². The second-order valence-corrected chi connectivity index (χ2v) is 7.99. The minimum absolute atomic E-state index is 0.000731. The van der Waals surface area contributed by atoms with E-state index in [1.807, 2.05) is 12.1 Å². The second kappa shape index (κ2) is 10.9. The number of benzene rings is 2. The van der Waals surface area contributed by atoms with Gasteiger partial charge in [-0.1, -0.05) is 6.07 Å². The SMILES string of the molecule is Cc1cc(-c2ccc(N=N)c(NCc3cc4c(cc3F)N=CCC4)n2)ccc1C(=O)NOCCO. The first-order valence-corrected chi connectivity index (χ1v) is 11.1. The molecule has 2 aromatic carbocycles. The van der Waals surface area contributed by atoms with Crippen LogP contribution in [0.5, 0.6) is 0 Å². The van der Waals surface area contributed by atoms with E-state index in [1.54, 1.807) is 37.4 Å². The van der Waals surface area contributed by atoms with E-state index in [0.717, 1.165) is 24.0 Å². The smallest absolute Gasteiger partial charge is 0.275 e. The number of hydroxylamine groups is 1. The van der Waals surface area contributed by atoms with Gasteiger partial charge in [0.15, 0.2) is 5.82 Å². The predicted molar refractivity (Wildman–Crippen MR) is 130 cm³/mol. The van der Waals surface area contributed by atoms with Crippen molar-refractivity contribution in [3.63, 3.8) is 0 Å². The van der Waals surface area contributed by atoms with Crippen LogP contribution >= 0.6 is 0 Å². The van der Waals surface area contributed by atoms with Crippen molar-refractivity contribution in [1.82, 2.24) is 10.5 Å². The Morgan fingerprint density at radius 1 is 1.26 bits per heavy atom. The summed E-state index contributed by atoms with van der Waals surface area (Å²) in [5.41, 5.74) is 14.7. The summed E-state index contributed by atoms with van der Waals surface area (Å²) >= 11 is 0. The van der Waals surface area contributed by atoms with E-state index < -0.39 is 5.91 Å². The van der Waals surface area contributed by atoms with E-state index in [4.69, 9.17) is 15.5 Å². The third-order valence-electron chi connectivity index (χ3n) is 5.59. The summed E-state index contributed by atoms with van der Waals surface area (Å²) in [5.74, 6) is -0.424. The Hall–Kier alpha value is -4.02. The number of aliphatic hydroxyl groups excluding tert-OH is 1. The van der Waals surface area contributed by atoms with Crippen molar-refractivity contribution in [2.24, 2.45) is 10.1 Å². The highest BCUT2D eigenvalue weighted by Gasteiger charge is 2.15. The number of fused-ring (bicyclic) bond motifs is 1. The van der Waals surface area contributed by atoms with Gasteiger partial charge in [-0.05, 0) is 61.2 Å². The summed E-state index contributed by atoms with van der Waals surface area (Å²) in [6.45, 7) is 1.77. The zero-order valence-electron chi connectivity index (χ0n) is 19.1. The summed E-state index contributed by atoms with van der Waals surface area (Å²) in [5, 5.41) is 15.4. The number of pyridine rings is 1. The molecule has 3 aromatic rings. The first-order valence-electron chi connectivity index (χ1n) is 11.1. The van der Waals surface area contributed by atoms with Crippen LogP contribution < -0.4 is 10.8 Å². The number of aliphatic hydroxyl groups is 1. The number of rotatable bonds is 9. The van der Waals surface area contributed by atoms with E-state index >= 15 is 0 Å². The van der Waals surface area contributed by atoms with Gasteiger partial charge in [-0.15, -0.1) is 0 Å². The molecule has 4 rings (SSSR count). The fourth-order valence-electron chi connectivity index (χ4n) is 3.80. The fraction of sp³-hybridized carbons (Fsp3) is 0.240. The summed E-state index contributed by atoms with van der Waals surface area (Å²) in [6, 6.07) is 11.9. The molecular formula is C25H25FN6O3. The molecule has 1 amide bonds. The number of anilines is 1. The van der Waals surface area contributed by atoms with Crippen LogP contribution in [0.4, 0.5) is 21.6 Å². The van der Waals surface area contributed by atoms with Gasteiger partial charge >= 0.3 is 0 Å². The fourth-order valence-corrected chi connectivity index (χ4v) is 3.80. The third-order valence-corrected chi connectivity index (χ3v) is 5.59. The molecule has 0 spiro atoms. The Kier molecular flexibility index (Phi) is 7.54. The molecule has 0 radical (unpaired) electrons. The molecule has 1 aromatic heterocycles. The van der Waals surface area contributed by atoms with E-state index in [0.29, 0.717) is 39.6 Å². The summed E-state index contributed by atoms with van der Waals surface area (Å²) in [7, 11) is 0. The summed E-state index contributed by atoms with van der Waals surface area (Å²) in [4.78, 5) is 26.0. The zero-order valence-corrected chi connectivity index (χ0v) is 19.1. The lowest BCUT2D eigenvalue weighted by atomic mass is 10.0.